The first-order valence-corrected chi connectivity index (χ1v) is 15.6. The molecule has 1 amide bonds. The lowest BCUT2D eigenvalue weighted by Crippen LogP contribution is -2.49. The molecule has 3 aromatic rings. The van der Waals surface area contributed by atoms with Crippen molar-refractivity contribution < 1.29 is 17.9 Å². The van der Waals surface area contributed by atoms with Crippen molar-refractivity contribution in [1.29, 1.82) is 0 Å². The van der Waals surface area contributed by atoms with Crippen molar-refractivity contribution in [1.82, 2.24) is 4.90 Å². The minimum absolute atomic E-state index is 0.0753. The van der Waals surface area contributed by atoms with E-state index in [0.29, 0.717) is 50.0 Å². The summed E-state index contributed by atoms with van der Waals surface area (Å²) >= 11 is 0. The monoisotopic (exact) mass is 563 g/mol. The Balaban J connectivity index is 1.43. The fourth-order valence-electron chi connectivity index (χ4n) is 4.75. The molecule has 214 valence electrons. The smallest absolute Gasteiger partial charge is 0.261 e. The molecule has 1 heterocycles. The van der Waals surface area contributed by atoms with Crippen molar-refractivity contribution in [3.63, 3.8) is 0 Å². The molecule has 3 aromatic carbocycles. The second-order valence-corrected chi connectivity index (χ2v) is 12.5. The molecule has 1 aliphatic heterocycles. The Kier molecular flexibility index (Phi) is 9.74. The van der Waals surface area contributed by atoms with Crippen LogP contribution in [0.25, 0.3) is 0 Å². The molecule has 0 radical (unpaired) electrons. The maximum Gasteiger partial charge on any atom is 0.261 e. The zero-order valence-electron chi connectivity index (χ0n) is 24.0. The van der Waals surface area contributed by atoms with E-state index >= 15 is 0 Å². The average molecular weight is 564 g/mol. The van der Waals surface area contributed by atoms with Gasteiger partial charge >= 0.3 is 0 Å². The molecule has 0 bridgehead atoms. The summed E-state index contributed by atoms with van der Waals surface area (Å²) in [6, 6.07) is 20.2. The van der Waals surface area contributed by atoms with Gasteiger partial charge in [-0.3, -0.25) is 9.52 Å². The number of benzene rings is 3. The van der Waals surface area contributed by atoms with Crippen LogP contribution in [0.1, 0.15) is 55.1 Å². The predicted octanol–water partition coefficient (Wildman–Crippen LogP) is 6.14. The van der Waals surface area contributed by atoms with Gasteiger partial charge in [0, 0.05) is 37.4 Å². The number of para-hydroxylation sites is 2. The van der Waals surface area contributed by atoms with Crippen LogP contribution in [-0.2, 0) is 16.4 Å². The van der Waals surface area contributed by atoms with Gasteiger partial charge in [-0.05, 0) is 73.2 Å². The summed E-state index contributed by atoms with van der Waals surface area (Å²) in [4.78, 5) is 17.7. The molecule has 1 fully saturated rings. The Bertz CT molecular complexity index is 1400. The molecule has 0 saturated carbocycles. The topological polar surface area (TPSA) is 79.0 Å². The van der Waals surface area contributed by atoms with Crippen LogP contribution in [0.15, 0.2) is 71.6 Å². The number of aryl methyl sites for hydroxylation is 2. The van der Waals surface area contributed by atoms with Crippen LogP contribution in [0.5, 0.6) is 5.75 Å². The summed E-state index contributed by atoms with van der Waals surface area (Å²) in [7, 11) is -3.85. The summed E-state index contributed by atoms with van der Waals surface area (Å²) < 4.78 is 35.1. The molecule has 1 aliphatic rings. The summed E-state index contributed by atoms with van der Waals surface area (Å²) in [6.45, 7) is 11.3. The lowest BCUT2D eigenvalue weighted by Gasteiger charge is -2.37. The van der Waals surface area contributed by atoms with Crippen molar-refractivity contribution in [3.05, 3.63) is 83.4 Å². The largest absolute Gasteiger partial charge is 0.491 e. The Morgan fingerprint density at radius 3 is 2.35 bits per heavy atom. The van der Waals surface area contributed by atoms with E-state index < -0.39 is 10.0 Å². The molecular formula is C32H41N3O4S. The Morgan fingerprint density at radius 1 is 0.975 bits per heavy atom. The van der Waals surface area contributed by atoms with E-state index in [1.54, 1.807) is 29.2 Å². The van der Waals surface area contributed by atoms with E-state index in [2.05, 4.69) is 36.5 Å². The third kappa shape index (κ3) is 7.36. The van der Waals surface area contributed by atoms with Crippen LogP contribution in [0.4, 0.5) is 11.4 Å². The highest BCUT2D eigenvalue weighted by atomic mass is 32.2. The fraction of sp³-hybridized carbons (Fsp3) is 0.406. The molecule has 0 unspecified atom stereocenters. The molecule has 0 aromatic heterocycles. The molecule has 0 atom stereocenters. The molecule has 7 nitrogen and oxygen atoms in total. The summed E-state index contributed by atoms with van der Waals surface area (Å²) in [6.07, 6.45) is 3.18. The van der Waals surface area contributed by atoms with Crippen molar-refractivity contribution in [2.45, 2.75) is 51.9 Å². The van der Waals surface area contributed by atoms with E-state index in [4.69, 9.17) is 4.74 Å². The number of sulfonamides is 1. The van der Waals surface area contributed by atoms with Gasteiger partial charge in [-0.2, -0.15) is 0 Å². The molecule has 40 heavy (non-hydrogen) atoms. The van der Waals surface area contributed by atoms with Gasteiger partial charge in [0.05, 0.1) is 17.2 Å². The van der Waals surface area contributed by atoms with Crippen LogP contribution in [0, 0.1) is 12.8 Å². The lowest BCUT2D eigenvalue weighted by atomic mass is 10.1. The van der Waals surface area contributed by atoms with E-state index in [1.807, 2.05) is 37.3 Å². The zero-order chi connectivity index (χ0) is 28.7. The van der Waals surface area contributed by atoms with Gasteiger partial charge in [-0.25, -0.2) is 8.42 Å². The van der Waals surface area contributed by atoms with E-state index in [0.717, 1.165) is 36.3 Å². The second-order valence-electron chi connectivity index (χ2n) is 10.8. The van der Waals surface area contributed by atoms with Crippen LogP contribution in [0.3, 0.4) is 0 Å². The first-order valence-electron chi connectivity index (χ1n) is 14.2. The van der Waals surface area contributed by atoms with Crippen molar-refractivity contribution >= 4 is 27.3 Å². The molecule has 0 aliphatic carbocycles. The van der Waals surface area contributed by atoms with Gasteiger partial charge in [0.2, 0.25) is 0 Å². The summed E-state index contributed by atoms with van der Waals surface area (Å²) in [5, 5.41) is 0. The third-order valence-corrected chi connectivity index (χ3v) is 8.50. The average Bonchev–Trinajstić information content (AvgIpc) is 2.95. The number of nitrogens with zero attached hydrogens (tertiary/aromatic N) is 2. The predicted molar refractivity (Wildman–Crippen MR) is 162 cm³/mol. The number of anilines is 2. The van der Waals surface area contributed by atoms with Crippen molar-refractivity contribution in [2.24, 2.45) is 5.92 Å². The number of amides is 1. The fourth-order valence-corrected chi connectivity index (χ4v) is 5.84. The molecule has 1 N–H and O–H groups in total. The Labute approximate surface area is 239 Å². The quantitative estimate of drug-likeness (QED) is 0.303. The van der Waals surface area contributed by atoms with Crippen LogP contribution in [-0.4, -0.2) is 52.0 Å². The number of rotatable bonds is 11. The van der Waals surface area contributed by atoms with Gasteiger partial charge in [0.1, 0.15) is 5.75 Å². The van der Waals surface area contributed by atoms with Gasteiger partial charge in [0.25, 0.3) is 15.9 Å². The summed E-state index contributed by atoms with van der Waals surface area (Å²) in [5.41, 5.74) is 3.87. The molecular weight excluding hydrogens is 522 g/mol. The number of carbonyl (C=O) groups is 1. The number of nitrogens with one attached hydrogen (secondary N) is 1. The number of carbonyl (C=O) groups excluding carboxylic acids is 1. The lowest BCUT2D eigenvalue weighted by molar-refractivity contribution is 0.0745. The number of unbranched alkanes of at least 4 members (excludes halogenated alkanes) is 1. The van der Waals surface area contributed by atoms with Crippen molar-refractivity contribution in [2.75, 3.05) is 42.4 Å². The van der Waals surface area contributed by atoms with Crippen molar-refractivity contribution in [3.8, 4) is 5.75 Å². The van der Waals surface area contributed by atoms with E-state index in [9.17, 15) is 13.2 Å². The molecule has 8 heteroatoms. The standard InChI is InChI=1S/C32H41N3O4S/c1-5-6-9-26-13-15-27(16-14-26)33-40(37,38)28-17-12-25(4)29(22-28)32(36)35-20-18-34(19-21-35)30-10-7-8-11-31(30)39-23-24(2)3/h7-8,10-17,22,24,33H,5-6,9,18-21,23H2,1-4H3. The Morgan fingerprint density at radius 2 is 1.68 bits per heavy atom. The number of hydrogen-bond donors (Lipinski definition) is 1. The van der Waals surface area contributed by atoms with Gasteiger partial charge in [0.15, 0.2) is 0 Å². The van der Waals surface area contributed by atoms with Gasteiger partial charge in [-0.15, -0.1) is 0 Å². The Hall–Kier alpha value is -3.52. The highest BCUT2D eigenvalue weighted by molar-refractivity contribution is 7.92. The highest BCUT2D eigenvalue weighted by Crippen LogP contribution is 2.30. The minimum atomic E-state index is -3.85. The second kappa shape index (κ2) is 13.2. The molecule has 0 spiro atoms. The number of ether oxygens (including phenoxy) is 1. The zero-order valence-corrected chi connectivity index (χ0v) is 24.8. The first-order chi connectivity index (χ1) is 19.2. The van der Waals surface area contributed by atoms with Crippen LogP contribution in [0.2, 0.25) is 0 Å². The SMILES string of the molecule is CCCCc1ccc(NS(=O)(=O)c2ccc(C)c(C(=O)N3CCN(c4ccccc4OCC(C)C)CC3)c2)cc1. The molecule has 4 rings (SSSR count). The molecule has 1 saturated heterocycles. The maximum atomic E-state index is 13.5. The third-order valence-electron chi connectivity index (χ3n) is 7.12. The van der Waals surface area contributed by atoms with Gasteiger partial charge < -0.3 is 14.5 Å². The number of piperazine rings is 1. The van der Waals surface area contributed by atoms with Gasteiger partial charge in [-0.1, -0.05) is 57.5 Å². The number of hydrogen-bond acceptors (Lipinski definition) is 5. The van der Waals surface area contributed by atoms with E-state index in [-0.39, 0.29) is 10.8 Å². The first kappa shape index (κ1) is 29.5. The van der Waals surface area contributed by atoms with Crippen LogP contribution < -0.4 is 14.4 Å². The highest BCUT2D eigenvalue weighted by Gasteiger charge is 2.26. The van der Waals surface area contributed by atoms with Crippen LogP contribution >= 0.6 is 0 Å². The minimum Gasteiger partial charge on any atom is -0.491 e. The summed E-state index contributed by atoms with van der Waals surface area (Å²) in [5.74, 6) is 1.13. The maximum absolute atomic E-state index is 13.5. The van der Waals surface area contributed by atoms with E-state index in [1.165, 1.54) is 11.6 Å². The normalized spacial score (nSPS) is 13.9.